The van der Waals surface area contributed by atoms with Crippen LogP contribution in [0.2, 0.25) is 5.02 Å². The number of sulfonamides is 1. The average Bonchev–Trinajstić information content (AvgIpc) is 2.86. The maximum atomic E-state index is 11.4. The van der Waals surface area contributed by atoms with Gasteiger partial charge in [-0.05, 0) is 47.5 Å². The predicted octanol–water partition coefficient (Wildman–Crippen LogP) is 5.58. The van der Waals surface area contributed by atoms with Crippen molar-refractivity contribution in [2.24, 2.45) is 0 Å². The van der Waals surface area contributed by atoms with Gasteiger partial charge >= 0.3 is 0 Å². The summed E-state index contributed by atoms with van der Waals surface area (Å²) in [7, 11) is -1.55. The number of fused-ring (bicyclic) bond motifs is 1. The van der Waals surface area contributed by atoms with Gasteiger partial charge in [0.15, 0.2) is 11.6 Å². The van der Waals surface area contributed by atoms with Gasteiger partial charge in [0.1, 0.15) is 12.7 Å². The fraction of sp³-hybridized carbons (Fsp3) is 0.160. The average molecular weight is 542 g/mol. The highest BCUT2D eigenvalue weighted by atomic mass is 35.5. The number of hydrogen-bond acceptors (Lipinski definition) is 7. The van der Waals surface area contributed by atoms with Gasteiger partial charge in [-0.15, -0.1) is 11.6 Å². The predicted molar refractivity (Wildman–Crippen MR) is 144 cm³/mol. The van der Waals surface area contributed by atoms with E-state index < -0.39 is 10.0 Å². The zero-order valence-corrected chi connectivity index (χ0v) is 21.7. The quantitative estimate of drug-likeness (QED) is 0.290. The Hall–Kier alpha value is -3.58. The second kappa shape index (κ2) is 10.6. The number of halogens is 2. The molecule has 1 heterocycles. The van der Waals surface area contributed by atoms with E-state index >= 15 is 0 Å². The van der Waals surface area contributed by atoms with E-state index in [9.17, 15) is 13.7 Å². The number of benzene rings is 3. The molecule has 0 atom stereocenters. The van der Waals surface area contributed by atoms with E-state index in [1.807, 2.05) is 48.3 Å². The Labute approximate surface area is 219 Å². The van der Waals surface area contributed by atoms with Crippen molar-refractivity contribution in [1.82, 2.24) is 9.97 Å². The van der Waals surface area contributed by atoms with Crippen molar-refractivity contribution >= 4 is 61.5 Å². The normalized spacial score (nSPS) is 11.2. The molecule has 36 heavy (non-hydrogen) atoms. The van der Waals surface area contributed by atoms with Gasteiger partial charge in [-0.2, -0.15) is 5.26 Å². The molecule has 0 saturated carbocycles. The number of nitrogens with zero attached hydrogens (tertiary/aromatic N) is 4. The zero-order valence-electron chi connectivity index (χ0n) is 19.4. The van der Waals surface area contributed by atoms with Crippen LogP contribution in [0.3, 0.4) is 0 Å². The van der Waals surface area contributed by atoms with Crippen LogP contribution >= 0.6 is 23.2 Å². The highest BCUT2D eigenvalue weighted by Crippen LogP contribution is 2.36. The summed E-state index contributed by atoms with van der Waals surface area (Å²) in [6, 6.07) is 19.1. The molecule has 0 spiro atoms. The van der Waals surface area contributed by atoms with Crippen LogP contribution < -0.4 is 14.4 Å². The van der Waals surface area contributed by atoms with Crippen LogP contribution in [0, 0.1) is 11.3 Å². The lowest BCUT2D eigenvalue weighted by atomic mass is 10.0. The molecule has 3 aromatic carbocycles. The zero-order chi connectivity index (χ0) is 25.9. The summed E-state index contributed by atoms with van der Waals surface area (Å²) in [6.07, 6.45) is 2.45. The first kappa shape index (κ1) is 25.5. The molecule has 1 N–H and O–H groups in total. The fourth-order valence-corrected chi connectivity index (χ4v) is 4.42. The van der Waals surface area contributed by atoms with E-state index in [1.165, 1.54) is 6.20 Å². The summed E-state index contributed by atoms with van der Waals surface area (Å²) in [6.45, 7) is 0.256. The highest BCUT2D eigenvalue weighted by Gasteiger charge is 2.15. The van der Waals surface area contributed by atoms with Crippen molar-refractivity contribution in [1.29, 1.82) is 5.26 Å². The molecule has 0 amide bonds. The number of rotatable bonds is 8. The van der Waals surface area contributed by atoms with Gasteiger partial charge in [-0.25, -0.2) is 13.4 Å². The minimum Gasteiger partial charge on any atom is -0.489 e. The van der Waals surface area contributed by atoms with Gasteiger partial charge in [0.25, 0.3) is 0 Å². The monoisotopic (exact) mass is 541 g/mol. The van der Waals surface area contributed by atoms with Crippen LogP contribution in [0.1, 0.15) is 5.56 Å². The number of ether oxygens (including phenoxy) is 1. The molecule has 0 saturated heterocycles. The van der Waals surface area contributed by atoms with Gasteiger partial charge in [-0.3, -0.25) is 9.71 Å². The van der Waals surface area contributed by atoms with Crippen LogP contribution in [0.5, 0.6) is 5.75 Å². The Morgan fingerprint density at radius 3 is 2.44 bits per heavy atom. The first-order valence-corrected chi connectivity index (χ1v) is 13.5. The Kier molecular flexibility index (Phi) is 7.50. The first-order valence-electron chi connectivity index (χ1n) is 10.7. The SMILES string of the molecule is CN(c1ccc(-c2ccc3nc(NS(C)(=O)=O)cnc3c2)cc1)c1cc(Cl)c(OCCCl)c(C#N)c1. The van der Waals surface area contributed by atoms with Crippen molar-refractivity contribution < 1.29 is 13.2 Å². The van der Waals surface area contributed by atoms with Crippen molar-refractivity contribution in [3.63, 3.8) is 0 Å². The molecule has 1 aromatic heterocycles. The maximum Gasteiger partial charge on any atom is 0.231 e. The summed E-state index contributed by atoms with van der Waals surface area (Å²) in [4.78, 5) is 10.6. The van der Waals surface area contributed by atoms with Crippen LogP contribution in [0.15, 0.2) is 60.8 Å². The van der Waals surface area contributed by atoms with Crippen molar-refractivity contribution in [3.05, 3.63) is 71.4 Å². The topological polar surface area (TPSA) is 108 Å². The largest absolute Gasteiger partial charge is 0.489 e. The van der Waals surface area contributed by atoms with Gasteiger partial charge in [0.05, 0.1) is 40.0 Å². The summed E-state index contributed by atoms with van der Waals surface area (Å²) in [5, 5.41) is 9.88. The molecule has 0 unspecified atom stereocenters. The van der Waals surface area contributed by atoms with Crippen molar-refractivity contribution in [3.8, 4) is 22.9 Å². The molecule has 0 bridgehead atoms. The van der Waals surface area contributed by atoms with Gasteiger partial charge in [0.2, 0.25) is 10.0 Å². The third-order valence-corrected chi connectivity index (χ3v) is 6.29. The Bertz CT molecular complexity index is 1570. The number of aromatic nitrogens is 2. The number of nitriles is 1. The lowest BCUT2D eigenvalue weighted by Gasteiger charge is -2.21. The van der Waals surface area contributed by atoms with Crippen molar-refractivity contribution in [2.75, 3.05) is 35.4 Å². The minimum absolute atomic E-state index is 0.170. The third kappa shape index (κ3) is 5.79. The number of hydrogen-bond donors (Lipinski definition) is 1. The van der Waals surface area contributed by atoms with Crippen LogP contribution in [0.4, 0.5) is 17.2 Å². The van der Waals surface area contributed by atoms with Gasteiger partial charge in [-0.1, -0.05) is 29.8 Å². The van der Waals surface area contributed by atoms with Crippen LogP contribution in [-0.2, 0) is 10.0 Å². The second-order valence-electron chi connectivity index (χ2n) is 7.89. The molecule has 8 nitrogen and oxygen atoms in total. The molecule has 4 rings (SSSR count). The van der Waals surface area contributed by atoms with E-state index in [0.29, 0.717) is 33.2 Å². The maximum absolute atomic E-state index is 11.4. The fourth-order valence-electron chi connectivity index (χ4n) is 3.60. The Balaban J connectivity index is 1.58. The molecule has 4 aromatic rings. The first-order chi connectivity index (χ1) is 17.2. The molecule has 184 valence electrons. The molecule has 0 aliphatic heterocycles. The third-order valence-electron chi connectivity index (χ3n) is 5.28. The number of nitrogens with one attached hydrogen (secondary N) is 1. The van der Waals surface area contributed by atoms with E-state index in [2.05, 4.69) is 20.8 Å². The standard InChI is InChI=1S/C25H21Cl2N5O3S/c1-32(20-11-18(14-28)25(21(27)13-20)35-10-9-26)19-6-3-16(4-7-19)17-5-8-22-23(12-17)29-15-24(30-22)31-36(2,33)34/h3-8,11-13,15H,9-10H2,1-2H3,(H,30,31). The number of alkyl halides is 1. The Morgan fingerprint density at radius 2 is 1.78 bits per heavy atom. The molecular formula is C25H21Cl2N5O3S. The highest BCUT2D eigenvalue weighted by molar-refractivity contribution is 7.92. The summed E-state index contributed by atoms with van der Waals surface area (Å²) < 4.78 is 30.7. The second-order valence-corrected chi connectivity index (χ2v) is 10.4. The molecule has 0 aliphatic rings. The van der Waals surface area contributed by atoms with Gasteiger partial charge < -0.3 is 9.64 Å². The van der Waals surface area contributed by atoms with E-state index in [4.69, 9.17) is 27.9 Å². The van der Waals surface area contributed by atoms with Crippen LogP contribution in [0.25, 0.3) is 22.2 Å². The number of anilines is 3. The smallest absolute Gasteiger partial charge is 0.231 e. The van der Waals surface area contributed by atoms with Crippen molar-refractivity contribution in [2.45, 2.75) is 0 Å². The van der Waals surface area contributed by atoms with E-state index in [1.54, 1.807) is 18.2 Å². The Morgan fingerprint density at radius 1 is 1.06 bits per heavy atom. The lowest BCUT2D eigenvalue weighted by Crippen LogP contribution is -2.11. The summed E-state index contributed by atoms with van der Waals surface area (Å²) in [5.74, 6) is 0.787. The van der Waals surface area contributed by atoms with Gasteiger partial charge in [0, 0.05) is 18.4 Å². The van der Waals surface area contributed by atoms with E-state index in [0.717, 1.165) is 28.8 Å². The summed E-state index contributed by atoms with van der Waals surface area (Å²) >= 11 is 12.1. The van der Waals surface area contributed by atoms with E-state index in [-0.39, 0.29) is 12.4 Å². The lowest BCUT2D eigenvalue weighted by molar-refractivity contribution is 0.342. The van der Waals surface area contributed by atoms with Crippen LogP contribution in [-0.4, -0.2) is 44.2 Å². The molecule has 0 radical (unpaired) electrons. The molecular weight excluding hydrogens is 521 g/mol. The molecule has 0 fully saturated rings. The minimum atomic E-state index is -3.43. The molecule has 11 heteroatoms. The summed E-state index contributed by atoms with van der Waals surface area (Å²) in [5.41, 5.74) is 5.08. The molecule has 0 aliphatic carbocycles.